The molecule has 0 fully saturated rings. The fourth-order valence-electron chi connectivity index (χ4n) is 14.6. The van der Waals surface area contributed by atoms with Crippen molar-refractivity contribution in [2.75, 3.05) is 49.2 Å². The molecule has 0 saturated heterocycles. The highest BCUT2D eigenvalue weighted by molar-refractivity contribution is 6.32. The van der Waals surface area contributed by atoms with Gasteiger partial charge in [-0.3, -0.25) is 0 Å². The molecule has 0 saturated carbocycles. The van der Waals surface area contributed by atoms with Crippen LogP contribution in [0.5, 0.6) is 0 Å². The van der Waals surface area contributed by atoms with Crippen LogP contribution in [-0.4, -0.2) is 70.2 Å². The first-order valence-corrected chi connectivity index (χ1v) is 34.0. The average molecular weight is 1450 g/mol. The van der Waals surface area contributed by atoms with E-state index in [1.54, 1.807) is 0 Å². The number of anilines is 2. The third-order valence-electron chi connectivity index (χ3n) is 19.2. The highest BCUT2D eigenvalue weighted by atomic mass is 127. The summed E-state index contributed by atoms with van der Waals surface area (Å²) < 4.78 is 5.05. The maximum Gasteiger partial charge on any atom is 0.209 e. The highest BCUT2D eigenvalue weighted by Gasteiger charge is 2.46. The Morgan fingerprint density at radius 2 is 0.865 bits per heavy atom. The summed E-state index contributed by atoms with van der Waals surface area (Å²) in [6.45, 7) is 34.7. The van der Waals surface area contributed by atoms with E-state index in [2.05, 4.69) is 255 Å². The Kier molecular flexibility index (Phi) is 27.5. The molecule has 4 aromatic rings. The minimum Gasteiger partial charge on any atom is -1.00 e. The van der Waals surface area contributed by atoms with Crippen LogP contribution in [0.25, 0.3) is 0 Å². The normalized spacial score (nSPS) is 20.3. The number of fused-ring (bicyclic) bond motifs is 4. The lowest BCUT2D eigenvalue weighted by molar-refractivity contribution is -0.437. The number of allylic oxidation sites excluding steroid dienone is 16. The minimum atomic E-state index is -0.0289. The molecule has 2 aliphatic carbocycles. The molecule has 9 heteroatoms. The second kappa shape index (κ2) is 33.3. The van der Waals surface area contributed by atoms with Crippen LogP contribution in [0.1, 0.15) is 209 Å². The predicted molar refractivity (Wildman–Crippen MR) is 374 cm³/mol. The van der Waals surface area contributed by atoms with Crippen molar-refractivity contribution in [3.8, 4) is 0 Å². The van der Waals surface area contributed by atoms with Gasteiger partial charge in [-0.15, -0.1) is 0 Å². The fraction of sp³-hybridized carbons (Fsp3) is 0.475. The van der Waals surface area contributed by atoms with Crippen molar-refractivity contribution >= 4 is 45.8 Å². The van der Waals surface area contributed by atoms with E-state index in [0.29, 0.717) is 6.61 Å². The molecule has 6 nitrogen and oxygen atoms in total. The smallest absolute Gasteiger partial charge is 0.209 e. The van der Waals surface area contributed by atoms with Crippen LogP contribution in [0.2, 0.25) is 0 Å². The summed E-state index contributed by atoms with van der Waals surface area (Å²) >= 11 is 7.13. The lowest BCUT2D eigenvalue weighted by Gasteiger charge is -2.27. The third kappa shape index (κ3) is 15.9. The zero-order chi connectivity index (χ0) is 62.5. The van der Waals surface area contributed by atoms with Gasteiger partial charge in [0.1, 0.15) is 13.1 Å². The van der Waals surface area contributed by atoms with Gasteiger partial charge in [0.2, 0.25) is 11.4 Å². The van der Waals surface area contributed by atoms with Crippen LogP contribution in [0.4, 0.5) is 22.7 Å². The van der Waals surface area contributed by atoms with Gasteiger partial charge in [0.25, 0.3) is 0 Å². The molecule has 0 amide bonds. The number of rotatable bonds is 20. The van der Waals surface area contributed by atoms with E-state index in [1.165, 1.54) is 102 Å². The number of aliphatic hydroxyl groups excluding tert-OH is 2. The van der Waals surface area contributed by atoms with Crippen LogP contribution >= 0.6 is 11.6 Å². The van der Waals surface area contributed by atoms with Gasteiger partial charge in [0.05, 0.1) is 10.8 Å². The van der Waals surface area contributed by atoms with Crippen molar-refractivity contribution in [1.29, 1.82) is 0 Å². The molecule has 2 N–H and O–H groups in total. The first kappa shape index (κ1) is 73.5. The van der Waals surface area contributed by atoms with E-state index in [0.717, 1.165) is 121 Å². The zero-order valence-corrected chi connectivity index (χ0v) is 61.6. The van der Waals surface area contributed by atoms with E-state index < -0.39 is 0 Å². The van der Waals surface area contributed by atoms with Crippen molar-refractivity contribution in [3.05, 3.63) is 212 Å². The Labute approximate surface area is 577 Å². The van der Waals surface area contributed by atoms with E-state index in [1.807, 2.05) is 0 Å². The first-order chi connectivity index (χ1) is 41.9. The molecular formula is C80H107ClI2N4O2. The number of hydrogen-bond donors (Lipinski definition) is 2. The third-order valence-corrected chi connectivity index (χ3v) is 19.7. The van der Waals surface area contributed by atoms with Crippen LogP contribution in [-0.2, 0) is 21.7 Å². The largest absolute Gasteiger partial charge is 1.00 e. The molecule has 4 aliphatic heterocycles. The van der Waals surface area contributed by atoms with Gasteiger partial charge in [-0.2, -0.15) is 9.15 Å². The standard InChI is InChI=1S/C40H53N2O.C36H44ClN2.C4H10O.2HI/c1-7-27-41-35-21-11-9-19-33(35)39(3,4)37(41)25-23-30-16-15-17-31(32(30)18-13-14-29-43)24-26-38-40(5,6)34-20-10-12-22-36(34)42(38)28-8-2;1-7-24-38-30-18-11-9-16-28(30)35(3,4)32(38)22-20-26-14-13-15-27(34(26)37)21-23-33-36(5,6)29-17-10-12-19-31(29)39(33)25-8-2;1-2-3-4-5;;/h9-12,19-26,43H,7-8,13-18,27-29H2,1-6H3;9-12,16-23H,7-8,13-15,24-25H2,1-6H3;5H,2-4H2,1H3;2*1H/q2*+1;;;/p-2. The molecular weight excluding hydrogens is 1340 g/mol. The number of para-hydroxylation sites is 4. The quantitative estimate of drug-likeness (QED) is 0.0526. The van der Waals surface area contributed by atoms with Gasteiger partial charge in [0, 0.05) is 113 Å². The Bertz CT molecular complexity index is 3410. The van der Waals surface area contributed by atoms with E-state index in [4.69, 9.17) is 16.7 Å². The molecule has 0 radical (unpaired) electrons. The molecule has 480 valence electrons. The van der Waals surface area contributed by atoms with Gasteiger partial charge < -0.3 is 68.0 Å². The molecule has 10 rings (SSSR count). The molecule has 4 heterocycles. The van der Waals surface area contributed by atoms with Crippen LogP contribution in [0.15, 0.2) is 190 Å². The van der Waals surface area contributed by atoms with Crippen molar-refractivity contribution in [2.45, 2.75) is 208 Å². The molecule has 6 aliphatic rings. The topological polar surface area (TPSA) is 53.0 Å². The number of nitrogens with zero attached hydrogens (tertiary/aromatic N) is 4. The Morgan fingerprint density at radius 1 is 0.449 bits per heavy atom. The maximum absolute atomic E-state index is 9.60. The van der Waals surface area contributed by atoms with Gasteiger partial charge in [-0.05, 0) is 168 Å². The number of hydrogen-bond acceptors (Lipinski definition) is 4. The Balaban J connectivity index is 0.000000259. The fourth-order valence-corrected chi connectivity index (χ4v) is 14.9. The van der Waals surface area contributed by atoms with Crippen LogP contribution < -0.4 is 57.8 Å². The molecule has 0 unspecified atom stereocenters. The molecule has 0 spiro atoms. The zero-order valence-electron chi connectivity index (χ0n) is 56.5. The van der Waals surface area contributed by atoms with Crippen LogP contribution in [0.3, 0.4) is 0 Å². The molecule has 0 aromatic heterocycles. The van der Waals surface area contributed by atoms with Gasteiger partial charge >= 0.3 is 0 Å². The van der Waals surface area contributed by atoms with Gasteiger partial charge in [-0.25, -0.2) is 0 Å². The summed E-state index contributed by atoms with van der Waals surface area (Å²) in [4.78, 5) is 5.05. The van der Waals surface area contributed by atoms with Gasteiger partial charge in [-0.1, -0.05) is 177 Å². The second-order valence-electron chi connectivity index (χ2n) is 26.9. The second-order valence-corrected chi connectivity index (χ2v) is 27.3. The van der Waals surface area contributed by atoms with Crippen molar-refractivity contribution in [1.82, 2.24) is 0 Å². The molecule has 0 bridgehead atoms. The summed E-state index contributed by atoms with van der Waals surface area (Å²) in [7, 11) is 0. The summed E-state index contributed by atoms with van der Waals surface area (Å²) in [6.07, 6.45) is 35.0. The summed E-state index contributed by atoms with van der Waals surface area (Å²) in [5.41, 5.74) is 23.4. The summed E-state index contributed by atoms with van der Waals surface area (Å²) in [5.74, 6) is 0. The molecule has 4 aromatic carbocycles. The van der Waals surface area contributed by atoms with E-state index in [-0.39, 0.29) is 76.2 Å². The maximum atomic E-state index is 9.60. The lowest BCUT2D eigenvalue weighted by atomic mass is 9.80. The first-order valence-electron chi connectivity index (χ1n) is 33.6. The van der Waals surface area contributed by atoms with Gasteiger partial charge in [0.15, 0.2) is 11.4 Å². The Hall–Kier alpha value is -4.59. The van der Waals surface area contributed by atoms with Crippen molar-refractivity contribution in [2.24, 2.45) is 0 Å². The Morgan fingerprint density at radius 3 is 1.30 bits per heavy atom. The minimum absolute atomic E-state index is 0. The SMILES string of the molecule is CCCCO.CCCN1/C(=C/C=C2\CCCC(/C=C/C3=[N+](CCC)c4ccccc4C3(C)C)=C2CCCCO)C(C)(C)c2ccccc21.CCCN1/C(=C/C=C2\CCCC(/C=C/C3=[N+](CCC)c4ccccc4C3(C)C)=C2Cl)C(C)(C)c2ccccc21.[I-].[I-]. The van der Waals surface area contributed by atoms with Crippen LogP contribution in [0, 0.1) is 0 Å². The number of aliphatic hydroxyl groups is 2. The molecule has 0 atom stereocenters. The number of benzene rings is 4. The van der Waals surface area contributed by atoms with E-state index in [9.17, 15) is 5.11 Å². The molecule has 89 heavy (non-hydrogen) atoms. The highest BCUT2D eigenvalue weighted by Crippen LogP contribution is 2.50. The summed E-state index contributed by atoms with van der Waals surface area (Å²) in [5, 5.41) is 18.6. The van der Waals surface area contributed by atoms with Crippen molar-refractivity contribution < 1.29 is 67.3 Å². The number of halogens is 3. The summed E-state index contributed by atoms with van der Waals surface area (Å²) in [6, 6.07) is 35.6. The predicted octanol–water partition coefficient (Wildman–Crippen LogP) is 14.2. The van der Waals surface area contributed by atoms with E-state index >= 15 is 0 Å². The monoisotopic (exact) mass is 1440 g/mol. The lowest BCUT2D eigenvalue weighted by Crippen LogP contribution is -3.00. The number of unbranched alkanes of at least 4 members (excludes halogenated alkanes) is 2. The van der Waals surface area contributed by atoms with Crippen molar-refractivity contribution in [3.63, 3.8) is 0 Å². The average Bonchev–Trinajstić information content (AvgIpc) is 2.18.